The lowest BCUT2D eigenvalue weighted by atomic mass is 10.0. The third-order valence-corrected chi connectivity index (χ3v) is 12.5. The van der Waals surface area contributed by atoms with Gasteiger partial charge in [-0.05, 0) is 83.5 Å². The predicted octanol–water partition coefficient (Wildman–Crippen LogP) is 17.0. The maximum Gasteiger partial charge on any atom is 0.309 e. The molecule has 0 bridgehead atoms. The Kier molecular flexibility index (Phi) is 49.7. The van der Waals surface area contributed by atoms with Crippen LogP contribution in [-0.4, -0.2) is 70.0 Å². The highest BCUT2D eigenvalue weighted by Gasteiger charge is 2.21. The molecule has 0 fully saturated rings. The molecule has 0 aromatic rings. The number of nitrogens with zero attached hydrogens (tertiary/aromatic N) is 1. The van der Waals surface area contributed by atoms with Crippen LogP contribution in [0.1, 0.15) is 206 Å². The van der Waals surface area contributed by atoms with E-state index in [1.807, 2.05) is 33.3 Å². The molecular weight excluding hydrogens is 918 g/mol. The number of hydrogen-bond acceptors (Lipinski definition) is 8. The molecule has 0 aliphatic rings. The lowest BCUT2D eigenvalue weighted by Gasteiger charge is -2.28. The van der Waals surface area contributed by atoms with Crippen LogP contribution in [0.2, 0.25) is 0 Å². The third-order valence-electron chi connectivity index (χ3n) is 11.5. The molecule has 72 heavy (non-hydrogen) atoms. The van der Waals surface area contributed by atoms with Gasteiger partial charge in [-0.25, -0.2) is 0 Å². The van der Waals surface area contributed by atoms with Crippen molar-refractivity contribution in [1.82, 2.24) is 0 Å². The molecule has 410 valence electrons. The summed E-state index contributed by atoms with van der Waals surface area (Å²) in [7, 11) is 1.11. The van der Waals surface area contributed by atoms with Crippen LogP contribution in [0.25, 0.3) is 0 Å². The van der Waals surface area contributed by atoms with Gasteiger partial charge in [0.15, 0.2) is 6.10 Å². The Morgan fingerprint density at radius 1 is 0.444 bits per heavy atom. The molecule has 0 aliphatic heterocycles. The summed E-state index contributed by atoms with van der Waals surface area (Å²) in [5, 5.41) is 0. The SMILES string of the molecule is CC/C=C\C/C=C\C/C=C\C/C=C\C/C=C\CCCCCCCCCCCCCCCCCCCC(=O)OC(COC(=O)C/C=C\C/C=C\C/C=C\C/C=C\C/C=C\CC)COP(=O)([O-])OCC[N+](C)(C)C. The number of carbonyl (C=O) groups is 2. The average molecular weight is 1020 g/mol. The van der Waals surface area contributed by atoms with Crippen LogP contribution in [0, 0.1) is 0 Å². The number of likely N-dealkylation sites (N-methyl/N-ethyl adjacent to an activating group) is 1. The Morgan fingerprint density at radius 2 is 0.792 bits per heavy atom. The van der Waals surface area contributed by atoms with E-state index >= 15 is 0 Å². The monoisotopic (exact) mass is 1020 g/mol. The fourth-order valence-electron chi connectivity index (χ4n) is 7.23. The molecule has 0 heterocycles. The van der Waals surface area contributed by atoms with Crippen LogP contribution < -0.4 is 4.89 Å². The number of carbonyl (C=O) groups excluding carboxylic acids is 2. The first-order valence-electron chi connectivity index (χ1n) is 28.2. The standard InChI is InChI=1S/C62H104NO8P/c1-6-8-10-12-14-16-18-20-22-23-24-25-26-27-28-29-30-31-32-33-34-35-36-37-38-39-41-43-45-47-49-51-53-55-62(65)71-60(59-70-72(66,67)69-57-56-63(3,4)5)58-68-61(64)54-52-50-48-46-44-42-40-21-19-17-15-13-11-9-7-2/h8-11,14-17,20-22,24-25,27-28,40,44,46,50,52,60H,6-7,12-13,18-19,23,26,29-39,41-43,45,47-49,51,53-59H2,1-5H3/b10-8-,11-9-,16-14-,17-15-,22-20-,25-24-,28-27-,40-21-,46-44-,52-50-. The minimum absolute atomic E-state index is 0.0399. The van der Waals surface area contributed by atoms with Crippen molar-refractivity contribution in [1.29, 1.82) is 0 Å². The molecule has 0 spiro atoms. The summed E-state index contributed by atoms with van der Waals surface area (Å²) in [4.78, 5) is 37.7. The molecule has 0 amide bonds. The highest BCUT2D eigenvalue weighted by molar-refractivity contribution is 7.45. The fourth-order valence-corrected chi connectivity index (χ4v) is 7.95. The van der Waals surface area contributed by atoms with Gasteiger partial charge in [-0.3, -0.25) is 14.2 Å². The first-order chi connectivity index (χ1) is 35.0. The predicted molar refractivity (Wildman–Crippen MR) is 305 cm³/mol. The topological polar surface area (TPSA) is 111 Å². The molecule has 0 aromatic heterocycles. The minimum Gasteiger partial charge on any atom is -0.756 e. The zero-order valence-electron chi connectivity index (χ0n) is 46.3. The van der Waals surface area contributed by atoms with Gasteiger partial charge in [0.2, 0.25) is 0 Å². The molecule has 9 nitrogen and oxygen atoms in total. The number of quaternary nitrogens is 1. The smallest absolute Gasteiger partial charge is 0.309 e. The number of phosphoric acid groups is 1. The van der Waals surface area contributed by atoms with Crippen LogP contribution in [0.5, 0.6) is 0 Å². The van der Waals surface area contributed by atoms with Crippen LogP contribution in [-0.2, 0) is 32.7 Å². The molecule has 0 aromatic carbocycles. The van der Waals surface area contributed by atoms with Crippen molar-refractivity contribution in [2.45, 2.75) is 213 Å². The van der Waals surface area contributed by atoms with Gasteiger partial charge in [0.25, 0.3) is 7.82 Å². The van der Waals surface area contributed by atoms with E-state index in [-0.39, 0.29) is 26.1 Å². The summed E-state index contributed by atoms with van der Waals surface area (Å²) in [6.07, 6.45) is 74.3. The van der Waals surface area contributed by atoms with E-state index in [9.17, 15) is 19.0 Å². The summed E-state index contributed by atoms with van der Waals surface area (Å²) in [6, 6.07) is 0. The maximum atomic E-state index is 12.8. The van der Waals surface area contributed by atoms with Gasteiger partial charge in [-0.2, -0.15) is 0 Å². The molecule has 0 N–H and O–H groups in total. The lowest BCUT2D eigenvalue weighted by molar-refractivity contribution is -0.870. The molecule has 0 saturated carbocycles. The van der Waals surface area contributed by atoms with E-state index in [1.54, 1.807) is 6.08 Å². The Labute approximate surface area is 441 Å². The maximum absolute atomic E-state index is 12.8. The van der Waals surface area contributed by atoms with Crippen molar-refractivity contribution in [3.05, 3.63) is 122 Å². The Balaban J connectivity index is 4.14. The van der Waals surface area contributed by atoms with E-state index in [2.05, 4.69) is 117 Å². The number of phosphoric ester groups is 1. The first kappa shape index (κ1) is 68.4. The number of hydrogen-bond donors (Lipinski definition) is 0. The Hall–Kier alpha value is -3.59. The summed E-state index contributed by atoms with van der Waals surface area (Å²) in [6.45, 7) is 3.88. The van der Waals surface area contributed by atoms with Crippen molar-refractivity contribution in [2.24, 2.45) is 0 Å². The second-order valence-electron chi connectivity index (χ2n) is 19.6. The van der Waals surface area contributed by atoms with E-state index in [1.165, 1.54) is 89.9 Å². The summed E-state index contributed by atoms with van der Waals surface area (Å²) in [5.74, 6) is -0.986. The lowest BCUT2D eigenvalue weighted by Crippen LogP contribution is -2.37. The number of esters is 2. The van der Waals surface area contributed by atoms with E-state index in [0.717, 1.165) is 77.0 Å². The quantitative estimate of drug-likeness (QED) is 0.0195. The van der Waals surface area contributed by atoms with Gasteiger partial charge < -0.3 is 27.9 Å². The van der Waals surface area contributed by atoms with Crippen LogP contribution >= 0.6 is 7.82 Å². The molecular formula is C62H104NO8P. The number of rotatable bonds is 50. The first-order valence-corrected chi connectivity index (χ1v) is 29.7. The average Bonchev–Trinajstić information content (AvgIpc) is 3.34. The molecule has 10 heteroatoms. The zero-order valence-corrected chi connectivity index (χ0v) is 47.2. The van der Waals surface area contributed by atoms with Crippen molar-refractivity contribution >= 4 is 19.8 Å². The molecule has 2 atom stereocenters. The van der Waals surface area contributed by atoms with Gasteiger partial charge in [0.05, 0.1) is 34.2 Å². The van der Waals surface area contributed by atoms with Crippen molar-refractivity contribution in [3.63, 3.8) is 0 Å². The van der Waals surface area contributed by atoms with Gasteiger partial charge in [0.1, 0.15) is 19.8 Å². The number of unbranched alkanes of at least 4 members (excludes halogenated alkanes) is 17. The fraction of sp³-hybridized carbons (Fsp3) is 0.645. The van der Waals surface area contributed by atoms with E-state index < -0.39 is 32.5 Å². The molecule has 0 aliphatic carbocycles. The van der Waals surface area contributed by atoms with Crippen molar-refractivity contribution in [3.8, 4) is 0 Å². The van der Waals surface area contributed by atoms with E-state index in [0.29, 0.717) is 23.9 Å². The molecule has 0 radical (unpaired) electrons. The normalized spacial score (nSPS) is 14.2. The Bertz CT molecular complexity index is 1630. The van der Waals surface area contributed by atoms with Gasteiger partial charge >= 0.3 is 11.9 Å². The molecule has 0 saturated heterocycles. The second-order valence-corrected chi connectivity index (χ2v) is 21.0. The molecule has 2 unspecified atom stereocenters. The van der Waals surface area contributed by atoms with Gasteiger partial charge in [-0.1, -0.05) is 232 Å². The van der Waals surface area contributed by atoms with Crippen molar-refractivity contribution < 1.29 is 42.1 Å². The summed E-state index contributed by atoms with van der Waals surface area (Å²) < 4.78 is 33.9. The summed E-state index contributed by atoms with van der Waals surface area (Å²) >= 11 is 0. The number of ether oxygens (including phenoxy) is 2. The highest BCUT2D eigenvalue weighted by atomic mass is 31.2. The van der Waals surface area contributed by atoms with Crippen molar-refractivity contribution in [2.75, 3.05) is 47.5 Å². The van der Waals surface area contributed by atoms with Crippen LogP contribution in [0.3, 0.4) is 0 Å². The van der Waals surface area contributed by atoms with E-state index in [4.69, 9.17) is 18.5 Å². The number of allylic oxidation sites excluding steroid dienone is 19. The third kappa shape index (κ3) is 55.7. The van der Waals surface area contributed by atoms with Crippen LogP contribution in [0.4, 0.5) is 0 Å². The largest absolute Gasteiger partial charge is 0.756 e. The second kappa shape index (κ2) is 52.3. The Morgan fingerprint density at radius 3 is 1.18 bits per heavy atom. The summed E-state index contributed by atoms with van der Waals surface area (Å²) in [5.41, 5.74) is 0. The zero-order chi connectivity index (χ0) is 52.7. The van der Waals surface area contributed by atoms with Crippen LogP contribution in [0.15, 0.2) is 122 Å². The molecule has 0 rings (SSSR count). The minimum atomic E-state index is -4.66. The van der Waals surface area contributed by atoms with Gasteiger partial charge in [0, 0.05) is 6.42 Å². The highest BCUT2D eigenvalue weighted by Crippen LogP contribution is 2.38. The van der Waals surface area contributed by atoms with Gasteiger partial charge in [-0.15, -0.1) is 0 Å².